The average molecular weight is 191 g/mol. The van der Waals surface area contributed by atoms with Crippen molar-refractivity contribution < 1.29 is 4.79 Å². The summed E-state index contributed by atoms with van der Waals surface area (Å²) in [5, 5.41) is 3.16. The van der Waals surface area contributed by atoms with Crippen molar-refractivity contribution in [1.29, 1.82) is 0 Å². The van der Waals surface area contributed by atoms with Gasteiger partial charge in [-0.25, -0.2) is 0 Å². The zero-order chi connectivity index (χ0) is 10.7. The van der Waals surface area contributed by atoms with E-state index in [0.717, 1.165) is 17.5 Å². The normalized spacial score (nSPS) is 10.0. The standard InChI is InChI=1S/C12H17NO/c1-8-7-9(2)12(13-4)11(5-6-14)10(8)3/h6-7,13H,5H2,1-4H3. The lowest BCUT2D eigenvalue weighted by Gasteiger charge is -2.15. The molecule has 0 radical (unpaired) electrons. The van der Waals surface area contributed by atoms with E-state index in [1.54, 1.807) is 0 Å². The highest BCUT2D eigenvalue weighted by Gasteiger charge is 2.09. The third-order valence-electron chi connectivity index (χ3n) is 2.71. The van der Waals surface area contributed by atoms with E-state index >= 15 is 0 Å². The first kappa shape index (κ1) is 10.8. The molecule has 0 aliphatic carbocycles. The van der Waals surface area contributed by atoms with Crippen LogP contribution >= 0.6 is 0 Å². The lowest BCUT2D eigenvalue weighted by atomic mass is 9.95. The fourth-order valence-electron chi connectivity index (χ4n) is 1.86. The molecule has 2 nitrogen and oxygen atoms in total. The van der Waals surface area contributed by atoms with Crippen molar-refractivity contribution >= 4 is 12.0 Å². The first-order valence-corrected chi connectivity index (χ1v) is 4.82. The number of rotatable bonds is 3. The lowest BCUT2D eigenvalue weighted by molar-refractivity contribution is -0.107. The highest BCUT2D eigenvalue weighted by molar-refractivity contribution is 5.68. The van der Waals surface area contributed by atoms with Crippen LogP contribution < -0.4 is 5.32 Å². The summed E-state index contributed by atoms with van der Waals surface area (Å²) in [6.45, 7) is 6.21. The van der Waals surface area contributed by atoms with Gasteiger partial charge in [0.2, 0.25) is 0 Å². The SMILES string of the molecule is CNc1c(C)cc(C)c(C)c1CC=O. The number of aryl methyl sites for hydroxylation is 2. The second-order valence-electron chi connectivity index (χ2n) is 3.61. The van der Waals surface area contributed by atoms with Gasteiger partial charge in [-0.15, -0.1) is 0 Å². The van der Waals surface area contributed by atoms with E-state index in [1.807, 2.05) is 7.05 Å². The van der Waals surface area contributed by atoms with Crippen LogP contribution in [0.15, 0.2) is 6.07 Å². The Hall–Kier alpha value is -1.31. The minimum Gasteiger partial charge on any atom is -0.388 e. The monoisotopic (exact) mass is 191 g/mol. The van der Waals surface area contributed by atoms with Crippen LogP contribution in [0.25, 0.3) is 0 Å². The second-order valence-corrected chi connectivity index (χ2v) is 3.61. The van der Waals surface area contributed by atoms with Gasteiger partial charge in [-0.3, -0.25) is 0 Å². The first-order chi connectivity index (χ1) is 6.61. The maximum absolute atomic E-state index is 10.6. The number of carbonyl (C=O) groups excluding carboxylic acids is 1. The summed E-state index contributed by atoms with van der Waals surface area (Å²) in [6.07, 6.45) is 1.45. The van der Waals surface area contributed by atoms with Gasteiger partial charge in [0.1, 0.15) is 6.29 Å². The molecule has 0 amide bonds. The molecule has 0 atom stereocenters. The molecule has 0 fully saturated rings. The summed E-state index contributed by atoms with van der Waals surface area (Å²) in [5.74, 6) is 0. The van der Waals surface area contributed by atoms with Crippen molar-refractivity contribution in [3.8, 4) is 0 Å². The third kappa shape index (κ3) is 1.79. The minimum absolute atomic E-state index is 0.491. The van der Waals surface area contributed by atoms with Crippen molar-refractivity contribution in [2.75, 3.05) is 12.4 Å². The number of anilines is 1. The van der Waals surface area contributed by atoms with Crippen LogP contribution in [0.2, 0.25) is 0 Å². The maximum Gasteiger partial charge on any atom is 0.124 e. The highest BCUT2D eigenvalue weighted by atomic mass is 16.1. The largest absolute Gasteiger partial charge is 0.388 e. The van der Waals surface area contributed by atoms with Crippen molar-refractivity contribution in [3.63, 3.8) is 0 Å². The molecule has 1 aromatic carbocycles. The molecule has 0 aliphatic heterocycles. The number of benzene rings is 1. The molecular formula is C12H17NO. The van der Waals surface area contributed by atoms with E-state index < -0.39 is 0 Å². The molecule has 1 rings (SSSR count). The van der Waals surface area contributed by atoms with Crippen molar-refractivity contribution in [1.82, 2.24) is 0 Å². The summed E-state index contributed by atoms with van der Waals surface area (Å²) in [6, 6.07) is 2.15. The predicted octanol–water partition coefficient (Wildman–Crippen LogP) is 2.39. The molecule has 1 aromatic rings. The van der Waals surface area contributed by atoms with Crippen LogP contribution in [-0.4, -0.2) is 13.3 Å². The molecule has 1 N–H and O–H groups in total. The van der Waals surface area contributed by atoms with Crippen LogP contribution in [0.3, 0.4) is 0 Å². The van der Waals surface area contributed by atoms with E-state index in [2.05, 4.69) is 32.2 Å². The Morgan fingerprint density at radius 1 is 1.29 bits per heavy atom. The summed E-state index contributed by atoms with van der Waals surface area (Å²) < 4.78 is 0. The smallest absolute Gasteiger partial charge is 0.124 e. The second kappa shape index (κ2) is 4.27. The molecule has 0 spiro atoms. The summed E-state index contributed by atoms with van der Waals surface area (Å²) in [7, 11) is 1.89. The molecule has 0 saturated heterocycles. The van der Waals surface area contributed by atoms with Crippen LogP contribution in [0, 0.1) is 20.8 Å². The molecule has 14 heavy (non-hydrogen) atoms. The molecule has 0 aromatic heterocycles. The Morgan fingerprint density at radius 2 is 1.93 bits per heavy atom. The Balaban J connectivity index is 3.39. The van der Waals surface area contributed by atoms with Crippen LogP contribution in [-0.2, 0) is 11.2 Å². The molecule has 0 bridgehead atoms. The maximum atomic E-state index is 10.6. The Kier molecular flexibility index (Phi) is 3.28. The summed E-state index contributed by atoms with van der Waals surface area (Å²) in [4.78, 5) is 10.6. The fourth-order valence-corrected chi connectivity index (χ4v) is 1.86. The minimum atomic E-state index is 0.491. The van der Waals surface area contributed by atoms with Crippen molar-refractivity contribution in [3.05, 3.63) is 28.3 Å². The number of aldehydes is 1. The number of hydrogen-bond donors (Lipinski definition) is 1. The van der Waals surface area contributed by atoms with Gasteiger partial charge in [-0.1, -0.05) is 6.07 Å². The molecule has 0 aliphatic rings. The zero-order valence-corrected chi connectivity index (χ0v) is 9.27. The number of hydrogen-bond acceptors (Lipinski definition) is 2. The molecule has 76 valence electrons. The van der Waals surface area contributed by atoms with E-state index in [0.29, 0.717) is 6.42 Å². The quantitative estimate of drug-likeness (QED) is 0.743. The Bertz CT molecular complexity index is 356. The fraction of sp³-hybridized carbons (Fsp3) is 0.417. The highest BCUT2D eigenvalue weighted by Crippen LogP contribution is 2.26. The topological polar surface area (TPSA) is 29.1 Å². The van der Waals surface area contributed by atoms with Gasteiger partial charge in [0, 0.05) is 19.2 Å². The molecule has 2 heteroatoms. The van der Waals surface area contributed by atoms with Gasteiger partial charge in [0.25, 0.3) is 0 Å². The summed E-state index contributed by atoms with van der Waals surface area (Å²) >= 11 is 0. The molecule has 0 heterocycles. The Morgan fingerprint density at radius 3 is 2.43 bits per heavy atom. The summed E-state index contributed by atoms with van der Waals surface area (Å²) in [5.41, 5.74) is 5.89. The van der Waals surface area contributed by atoms with E-state index in [9.17, 15) is 4.79 Å². The van der Waals surface area contributed by atoms with Gasteiger partial charge in [0.15, 0.2) is 0 Å². The van der Waals surface area contributed by atoms with Gasteiger partial charge in [0.05, 0.1) is 0 Å². The molecule has 0 saturated carbocycles. The van der Waals surface area contributed by atoms with Crippen LogP contribution in [0.5, 0.6) is 0 Å². The molecule has 0 unspecified atom stereocenters. The predicted molar refractivity (Wildman–Crippen MR) is 60.0 cm³/mol. The Labute approximate surface area is 85.3 Å². The number of nitrogens with one attached hydrogen (secondary N) is 1. The number of carbonyl (C=O) groups is 1. The van der Waals surface area contributed by atoms with Crippen LogP contribution in [0.4, 0.5) is 5.69 Å². The zero-order valence-electron chi connectivity index (χ0n) is 9.27. The van der Waals surface area contributed by atoms with Gasteiger partial charge in [-0.05, 0) is 43.0 Å². The van der Waals surface area contributed by atoms with E-state index in [-0.39, 0.29) is 0 Å². The molecular weight excluding hydrogens is 174 g/mol. The van der Waals surface area contributed by atoms with Crippen molar-refractivity contribution in [2.24, 2.45) is 0 Å². The lowest BCUT2D eigenvalue weighted by Crippen LogP contribution is -2.03. The van der Waals surface area contributed by atoms with Gasteiger partial charge < -0.3 is 10.1 Å². The first-order valence-electron chi connectivity index (χ1n) is 4.82. The van der Waals surface area contributed by atoms with Gasteiger partial charge in [-0.2, -0.15) is 0 Å². The van der Waals surface area contributed by atoms with E-state index in [4.69, 9.17) is 0 Å². The average Bonchev–Trinajstić information content (AvgIpc) is 2.14. The third-order valence-corrected chi connectivity index (χ3v) is 2.71. The van der Waals surface area contributed by atoms with Crippen LogP contribution in [0.1, 0.15) is 22.3 Å². The van der Waals surface area contributed by atoms with Gasteiger partial charge >= 0.3 is 0 Å². The van der Waals surface area contributed by atoms with E-state index in [1.165, 1.54) is 16.7 Å². The van der Waals surface area contributed by atoms with Crippen molar-refractivity contribution in [2.45, 2.75) is 27.2 Å².